The third kappa shape index (κ3) is 2.11. The van der Waals surface area contributed by atoms with Crippen LogP contribution in [0.5, 0.6) is 0 Å². The molecule has 2 fully saturated rings. The molecule has 22 heavy (non-hydrogen) atoms. The summed E-state index contributed by atoms with van der Waals surface area (Å²) < 4.78 is 0. The largest absolute Gasteiger partial charge is 0.295 e. The predicted octanol–water partition coefficient (Wildman–Crippen LogP) is 1.56. The summed E-state index contributed by atoms with van der Waals surface area (Å²) in [6, 6.07) is 6.02. The summed E-state index contributed by atoms with van der Waals surface area (Å²) in [7, 11) is 0. The number of fused-ring (bicyclic) bond motifs is 1. The zero-order valence-corrected chi connectivity index (χ0v) is 12.3. The van der Waals surface area contributed by atoms with E-state index < -0.39 is 0 Å². The molecular weight excluding hydrogens is 278 g/mol. The molecular formula is C17H17N3O2. The maximum atomic E-state index is 12.1. The van der Waals surface area contributed by atoms with Crippen LogP contribution in [0.15, 0.2) is 12.1 Å². The van der Waals surface area contributed by atoms with Crippen molar-refractivity contribution in [1.82, 2.24) is 10.2 Å². The van der Waals surface area contributed by atoms with Crippen LogP contribution in [0, 0.1) is 11.3 Å². The van der Waals surface area contributed by atoms with E-state index >= 15 is 0 Å². The molecule has 2 heterocycles. The zero-order valence-electron chi connectivity index (χ0n) is 12.3. The fourth-order valence-corrected chi connectivity index (χ4v) is 3.67. The molecule has 1 N–H and O–H groups in total. The monoisotopic (exact) mass is 295 g/mol. The Hall–Kier alpha value is -2.19. The fourth-order valence-electron chi connectivity index (χ4n) is 3.67. The Bertz CT molecular complexity index is 715. The van der Waals surface area contributed by atoms with Crippen LogP contribution in [0.4, 0.5) is 0 Å². The van der Waals surface area contributed by atoms with Crippen LogP contribution in [-0.2, 0) is 22.7 Å². The highest BCUT2D eigenvalue weighted by Gasteiger charge is 2.38. The third-order valence-corrected chi connectivity index (χ3v) is 4.98. The van der Waals surface area contributed by atoms with Gasteiger partial charge in [-0.15, -0.1) is 0 Å². The lowest BCUT2D eigenvalue weighted by molar-refractivity contribution is -0.137. The van der Waals surface area contributed by atoms with Gasteiger partial charge in [0.1, 0.15) is 0 Å². The van der Waals surface area contributed by atoms with Crippen LogP contribution in [0.3, 0.4) is 0 Å². The van der Waals surface area contributed by atoms with Crippen molar-refractivity contribution in [2.75, 3.05) is 0 Å². The number of hydrogen-bond acceptors (Lipinski definition) is 4. The van der Waals surface area contributed by atoms with E-state index in [2.05, 4.69) is 22.4 Å². The van der Waals surface area contributed by atoms with E-state index in [-0.39, 0.29) is 17.9 Å². The van der Waals surface area contributed by atoms with E-state index in [1.807, 2.05) is 6.07 Å². The number of amides is 2. The molecule has 0 radical (unpaired) electrons. The molecule has 1 saturated heterocycles. The van der Waals surface area contributed by atoms with Crippen molar-refractivity contribution in [3.63, 3.8) is 0 Å². The van der Waals surface area contributed by atoms with Crippen molar-refractivity contribution >= 4 is 11.8 Å². The first-order valence-corrected chi connectivity index (χ1v) is 7.80. The average molecular weight is 295 g/mol. The molecule has 1 unspecified atom stereocenters. The first-order chi connectivity index (χ1) is 10.7. The zero-order chi connectivity index (χ0) is 15.3. The number of nitriles is 1. The van der Waals surface area contributed by atoms with E-state index in [4.69, 9.17) is 0 Å². The third-order valence-electron chi connectivity index (χ3n) is 4.98. The van der Waals surface area contributed by atoms with Gasteiger partial charge in [0, 0.05) is 19.5 Å². The molecule has 0 bridgehead atoms. The molecule has 4 rings (SSSR count). The van der Waals surface area contributed by atoms with Crippen molar-refractivity contribution in [3.05, 3.63) is 34.4 Å². The standard InChI is InChI=1S/C17H17N3O2/c18-7-11-3-4-12(10-1-2-10)14-9-20(8-13(11)14)15-5-6-16(21)19-17(15)22/h3-4,10,15H,1-2,5-6,8-9H2,(H,19,21,22). The number of rotatable bonds is 2. The molecule has 1 atom stereocenters. The van der Waals surface area contributed by atoms with Gasteiger partial charge in [-0.05, 0) is 47.9 Å². The Morgan fingerprint density at radius 3 is 2.59 bits per heavy atom. The number of carbonyl (C=O) groups is 2. The Balaban J connectivity index is 1.65. The van der Waals surface area contributed by atoms with Crippen molar-refractivity contribution in [2.24, 2.45) is 0 Å². The van der Waals surface area contributed by atoms with Crippen molar-refractivity contribution in [2.45, 2.75) is 50.7 Å². The molecule has 1 saturated carbocycles. The van der Waals surface area contributed by atoms with Gasteiger partial charge in [-0.2, -0.15) is 5.26 Å². The van der Waals surface area contributed by atoms with Gasteiger partial charge in [0.05, 0.1) is 17.7 Å². The maximum absolute atomic E-state index is 12.1. The molecule has 0 aromatic heterocycles. The lowest BCUT2D eigenvalue weighted by atomic mass is 9.96. The highest BCUT2D eigenvalue weighted by molar-refractivity contribution is 6.00. The quantitative estimate of drug-likeness (QED) is 0.840. The Labute approximate surface area is 128 Å². The normalized spacial score (nSPS) is 24.8. The summed E-state index contributed by atoms with van der Waals surface area (Å²) in [6.07, 6.45) is 3.40. The van der Waals surface area contributed by atoms with Crippen LogP contribution in [0.2, 0.25) is 0 Å². The average Bonchev–Trinajstić information content (AvgIpc) is 3.24. The van der Waals surface area contributed by atoms with E-state index in [0.29, 0.717) is 37.4 Å². The molecule has 3 aliphatic rings. The topological polar surface area (TPSA) is 73.2 Å². The highest BCUT2D eigenvalue weighted by Crippen LogP contribution is 2.45. The predicted molar refractivity (Wildman–Crippen MR) is 78.6 cm³/mol. The van der Waals surface area contributed by atoms with Gasteiger partial charge in [0.15, 0.2) is 0 Å². The minimum absolute atomic E-state index is 0.186. The van der Waals surface area contributed by atoms with Gasteiger partial charge in [-0.1, -0.05) is 6.07 Å². The SMILES string of the molecule is N#Cc1ccc(C2CC2)c2c1CN(C1CCC(=O)NC1=O)C2. The summed E-state index contributed by atoms with van der Waals surface area (Å²) in [5, 5.41) is 11.8. The minimum atomic E-state index is -0.260. The molecule has 2 amide bonds. The highest BCUT2D eigenvalue weighted by atomic mass is 16.2. The summed E-state index contributed by atoms with van der Waals surface area (Å²) in [4.78, 5) is 25.5. The second-order valence-electron chi connectivity index (χ2n) is 6.42. The summed E-state index contributed by atoms with van der Waals surface area (Å²) >= 11 is 0. The number of piperidine rings is 1. The first-order valence-electron chi connectivity index (χ1n) is 7.80. The number of nitrogens with zero attached hydrogens (tertiary/aromatic N) is 2. The van der Waals surface area contributed by atoms with Gasteiger partial charge in [-0.25, -0.2) is 0 Å². The van der Waals surface area contributed by atoms with Crippen LogP contribution in [0.25, 0.3) is 0 Å². The second-order valence-corrected chi connectivity index (χ2v) is 6.42. The van der Waals surface area contributed by atoms with Crippen LogP contribution in [0.1, 0.15) is 53.9 Å². The molecule has 1 aromatic rings. The fraction of sp³-hybridized carbons (Fsp3) is 0.471. The maximum Gasteiger partial charge on any atom is 0.243 e. The second kappa shape index (κ2) is 4.92. The van der Waals surface area contributed by atoms with Crippen molar-refractivity contribution < 1.29 is 9.59 Å². The van der Waals surface area contributed by atoms with E-state index in [1.54, 1.807) is 0 Å². The molecule has 5 heteroatoms. The number of carbonyl (C=O) groups excluding carboxylic acids is 2. The smallest absolute Gasteiger partial charge is 0.243 e. The van der Waals surface area contributed by atoms with Gasteiger partial charge >= 0.3 is 0 Å². The summed E-state index contributed by atoms with van der Waals surface area (Å²) in [5.41, 5.74) is 4.39. The van der Waals surface area contributed by atoms with Crippen LogP contribution >= 0.6 is 0 Å². The van der Waals surface area contributed by atoms with Gasteiger partial charge < -0.3 is 0 Å². The Morgan fingerprint density at radius 2 is 1.91 bits per heavy atom. The van der Waals surface area contributed by atoms with E-state index in [1.165, 1.54) is 24.0 Å². The molecule has 5 nitrogen and oxygen atoms in total. The van der Waals surface area contributed by atoms with Crippen LogP contribution < -0.4 is 5.32 Å². The van der Waals surface area contributed by atoms with Gasteiger partial charge in [-0.3, -0.25) is 19.8 Å². The van der Waals surface area contributed by atoms with Crippen LogP contribution in [-0.4, -0.2) is 22.8 Å². The number of benzene rings is 1. The van der Waals surface area contributed by atoms with Crippen molar-refractivity contribution in [1.29, 1.82) is 5.26 Å². The molecule has 1 aliphatic carbocycles. The number of hydrogen-bond donors (Lipinski definition) is 1. The number of imide groups is 1. The Morgan fingerprint density at radius 1 is 1.14 bits per heavy atom. The van der Waals surface area contributed by atoms with Gasteiger partial charge in [0.2, 0.25) is 11.8 Å². The van der Waals surface area contributed by atoms with Gasteiger partial charge in [0.25, 0.3) is 0 Å². The molecule has 2 aliphatic heterocycles. The minimum Gasteiger partial charge on any atom is -0.295 e. The number of nitrogens with one attached hydrogen (secondary N) is 1. The molecule has 0 spiro atoms. The van der Waals surface area contributed by atoms with E-state index in [9.17, 15) is 14.9 Å². The lowest BCUT2D eigenvalue weighted by Gasteiger charge is -2.29. The first kappa shape index (κ1) is 13.5. The lowest BCUT2D eigenvalue weighted by Crippen LogP contribution is -2.50. The van der Waals surface area contributed by atoms with E-state index in [0.717, 1.165) is 5.56 Å². The summed E-state index contributed by atoms with van der Waals surface area (Å²) in [6.45, 7) is 1.34. The molecule has 112 valence electrons. The molecule has 1 aromatic carbocycles. The Kier molecular flexibility index (Phi) is 3.02. The van der Waals surface area contributed by atoms with Crippen molar-refractivity contribution in [3.8, 4) is 6.07 Å². The summed E-state index contributed by atoms with van der Waals surface area (Å²) in [5.74, 6) is 0.244.